The monoisotopic (exact) mass is 375 g/mol. The van der Waals surface area contributed by atoms with Crippen molar-refractivity contribution in [3.05, 3.63) is 0 Å². The molecule has 6 atom stereocenters. The van der Waals surface area contributed by atoms with Gasteiger partial charge in [0.05, 0.1) is 13.2 Å². The summed E-state index contributed by atoms with van der Waals surface area (Å²) in [6.07, 6.45) is -3.74. The first-order valence-corrected chi connectivity index (χ1v) is 10.1. The molecule has 0 amide bonds. The first-order chi connectivity index (χ1) is 10.5. The van der Waals surface area contributed by atoms with Crippen molar-refractivity contribution in [1.29, 1.82) is 0 Å². The minimum Gasteiger partial charge on any atom is -0.391 e. The minimum absolute atomic E-state index is 0.0937. The lowest BCUT2D eigenvalue weighted by Crippen LogP contribution is -2.53. The van der Waals surface area contributed by atoms with Gasteiger partial charge in [0.2, 0.25) is 0 Å². The van der Waals surface area contributed by atoms with Gasteiger partial charge < -0.3 is 24.8 Å². The summed E-state index contributed by atoms with van der Waals surface area (Å²) < 4.78 is 46.5. The molecule has 2 saturated heterocycles. The summed E-state index contributed by atoms with van der Waals surface area (Å²) in [5.41, 5.74) is 0. The molecule has 0 aromatic rings. The van der Waals surface area contributed by atoms with E-state index in [2.05, 4.69) is 4.18 Å². The average molecular weight is 375 g/mol. The average Bonchev–Trinajstić information content (AvgIpc) is 2.66. The maximum absolute atomic E-state index is 11.0. The Morgan fingerprint density at radius 2 is 2.00 bits per heavy atom. The van der Waals surface area contributed by atoms with Crippen molar-refractivity contribution < 1.29 is 41.9 Å². The summed E-state index contributed by atoms with van der Waals surface area (Å²) in [6.45, 7) is 2.94. The predicted octanol–water partition coefficient (Wildman–Crippen LogP) is -1.96. The van der Waals surface area contributed by atoms with Gasteiger partial charge in [-0.25, -0.2) is 4.18 Å². The van der Waals surface area contributed by atoms with Crippen LogP contribution >= 0.6 is 0 Å². The Morgan fingerprint density at radius 1 is 1.35 bits per heavy atom. The van der Waals surface area contributed by atoms with Crippen molar-refractivity contribution in [1.82, 2.24) is 0 Å². The number of hydrogen-bond acceptors (Lipinski definition) is 8. The van der Waals surface area contributed by atoms with Crippen LogP contribution in [0.3, 0.4) is 0 Å². The molecule has 0 saturated carbocycles. The van der Waals surface area contributed by atoms with E-state index in [-0.39, 0.29) is 24.7 Å². The molecule has 0 aromatic heterocycles. The molecule has 0 aromatic carbocycles. The highest BCUT2D eigenvalue weighted by Crippen LogP contribution is 2.30. The van der Waals surface area contributed by atoms with E-state index in [0.717, 1.165) is 0 Å². The van der Waals surface area contributed by atoms with E-state index in [1.807, 2.05) is 0 Å². The van der Waals surface area contributed by atoms with Gasteiger partial charge in [0.1, 0.15) is 35.9 Å². The van der Waals surface area contributed by atoms with Crippen LogP contribution in [-0.4, -0.2) is 88.5 Å². The maximum Gasteiger partial charge on any atom is 0.397 e. The molecule has 2 fully saturated rings. The van der Waals surface area contributed by atoms with Gasteiger partial charge in [-0.1, -0.05) is 0 Å². The molecule has 2 unspecified atom stereocenters. The topological polar surface area (TPSA) is 143 Å². The van der Waals surface area contributed by atoms with Crippen LogP contribution < -0.4 is 0 Å². The van der Waals surface area contributed by atoms with Crippen LogP contribution in [0.4, 0.5) is 0 Å². The normalized spacial score (nSPS) is 41.1. The summed E-state index contributed by atoms with van der Waals surface area (Å²) in [5.74, 6) is -0.406. The van der Waals surface area contributed by atoms with E-state index in [4.69, 9.17) is 14.0 Å². The van der Waals surface area contributed by atoms with Crippen molar-refractivity contribution in [3.63, 3.8) is 0 Å². The van der Waals surface area contributed by atoms with Crippen molar-refractivity contribution in [2.75, 3.05) is 24.7 Å². The quantitative estimate of drug-likeness (QED) is 0.318. The highest BCUT2D eigenvalue weighted by molar-refractivity contribution is 7.97. The third kappa shape index (κ3) is 5.00. The summed E-state index contributed by atoms with van der Waals surface area (Å²) in [7, 11) is -5.27. The Balaban J connectivity index is 2.12. The van der Waals surface area contributed by atoms with Gasteiger partial charge in [-0.15, -0.1) is 0 Å². The highest BCUT2D eigenvalue weighted by atomic mass is 32.3. The summed E-state index contributed by atoms with van der Waals surface area (Å²) >= 11 is 0. The Hall–Kier alpha value is 0.0200. The predicted molar refractivity (Wildman–Crippen MR) is 81.3 cm³/mol. The maximum atomic E-state index is 11.0. The second-order valence-corrected chi connectivity index (χ2v) is 9.47. The minimum atomic E-state index is -4.67. The van der Waals surface area contributed by atoms with Crippen molar-refractivity contribution in [2.45, 2.75) is 49.3 Å². The molecule has 2 rings (SSSR count). The second-order valence-electron chi connectivity index (χ2n) is 6.08. The van der Waals surface area contributed by atoms with Crippen LogP contribution in [0.25, 0.3) is 0 Å². The van der Waals surface area contributed by atoms with Gasteiger partial charge in [0.25, 0.3) is 0 Å². The van der Waals surface area contributed by atoms with Gasteiger partial charge in [-0.2, -0.15) is 8.42 Å². The smallest absolute Gasteiger partial charge is 0.391 e. The summed E-state index contributed by atoms with van der Waals surface area (Å²) in [5, 5.41) is 28.5. The molecule has 0 radical (unpaired) electrons. The Labute approximate surface area is 137 Å². The van der Waals surface area contributed by atoms with Crippen LogP contribution in [0.2, 0.25) is 0 Å². The van der Waals surface area contributed by atoms with Gasteiger partial charge in [-0.05, 0) is 13.8 Å². The Bertz CT molecular complexity index is 509. The van der Waals surface area contributed by atoms with Gasteiger partial charge in [0.15, 0.2) is 11.0 Å². The third-order valence-corrected chi connectivity index (χ3v) is 7.14. The van der Waals surface area contributed by atoms with Crippen LogP contribution in [0.15, 0.2) is 0 Å². The van der Waals surface area contributed by atoms with E-state index in [0.29, 0.717) is 0 Å². The van der Waals surface area contributed by atoms with Crippen molar-refractivity contribution in [3.8, 4) is 0 Å². The first kappa shape index (κ1) is 19.3. The fourth-order valence-electron chi connectivity index (χ4n) is 2.75. The van der Waals surface area contributed by atoms with Crippen LogP contribution in [0, 0.1) is 0 Å². The Kier molecular flexibility index (Phi) is 5.97. The zero-order valence-corrected chi connectivity index (χ0v) is 14.5. The lowest BCUT2D eigenvalue weighted by atomic mass is 10.2. The lowest BCUT2D eigenvalue weighted by molar-refractivity contribution is -0.294. The fourth-order valence-corrected chi connectivity index (χ4v) is 6.00. The highest BCUT2D eigenvalue weighted by Gasteiger charge is 2.52. The van der Waals surface area contributed by atoms with Crippen LogP contribution in [-0.2, 0) is 35.0 Å². The van der Waals surface area contributed by atoms with Crippen LogP contribution in [0.1, 0.15) is 13.8 Å². The zero-order chi connectivity index (χ0) is 17.4. The molecule has 2 heterocycles. The molecule has 23 heavy (non-hydrogen) atoms. The summed E-state index contributed by atoms with van der Waals surface area (Å²) in [6, 6.07) is 0. The zero-order valence-electron chi connectivity index (χ0n) is 12.9. The molecule has 136 valence electrons. The molecule has 0 spiro atoms. The largest absolute Gasteiger partial charge is 0.397 e. The molecule has 9 nitrogen and oxygen atoms in total. The van der Waals surface area contributed by atoms with Crippen molar-refractivity contribution >= 4 is 21.3 Å². The first-order valence-electron chi connectivity index (χ1n) is 7.13. The number of aliphatic hydroxyl groups is 3. The molecule has 0 aliphatic carbocycles. The number of hydrogen-bond donors (Lipinski definition) is 4. The van der Waals surface area contributed by atoms with E-state index < -0.39 is 56.7 Å². The number of rotatable bonds is 5. The van der Waals surface area contributed by atoms with E-state index in [1.54, 1.807) is 13.8 Å². The molecular formula is C12H23O9S2+. The van der Waals surface area contributed by atoms with E-state index in [9.17, 15) is 23.7 Å². The standard InChI is InChI=1S/C12H22O9S2/c1-12(2)19-4-8(21-23(16,17)18)9(20-12)6-22-5-7(14)11(15)10(22)3-13/h7-11,13-15H,3-6H2,1-2H3/p+1/t7-,8?,9-,10-,11+,22?/m1/s1. The van der Waals surface area contributed by atoms with Crippen molar-refractivity contribution in [2.24, 2.45) is 0 Å². The molecule has 2 aliphatic rings. The number of ether oxygens (including phenoxy) is 2. The molecule has 0 bridgehead atoms. The van der Waals surface area contributed by atoms with E-state index in [1.165, 1.54) is 0 Å². The molecule has 11 heteroatoms. The molecular weight excluding hydrogens is 352 g/mol. The van der Waals surface area contributed by atoms with Gasteiger partial charge >= 0.3 is 10.4 Å². The fraction of sp³-hybridized carbons (Fsp3) is 1.00. The molecule has 2 aliphatic heterocycles. The van der Waals surface area contributed by atoms with Gasteiger partial charge in [-0.3, -0.25) is 4.55 Å². The van der Waals surface area contributed by atoms with E-state index >= 15 is 0 Å². The summed E-state index contributed by atoms with van der Waals surface area (Å²) in [4.78, 5) is 0. The molecule has 4 N–H and O–H groups in total. The SMILES string of the molecule is CC1(C)OCC(OS(=O)(=O)O)[C@@H](C[S+]2C[C@@H](O)[C@H](O)[C@H]2CO)O1. The third-order valence-electron chi connectivity index (χ3n) is 3.84. The second kappa shape index (κ2) is 7.10. The number of aliphatic hydroxyl groups excluding tert-OH is 3. The Morgan fingerprint density at radius 3 is 2.57 bits per heavy atom. The lowest BCUT2D eigenvalue weighted by Gasteiger charge is -2.39. The van der Waals surface area contributed by atoms with Crippen LogP contribution in [0.5, 0.6) is 0 Å². The van der Waals surface area contributed by atoms with Gasteiger partial charge in [0, 0.05) is 10.9 Å².